The highest BCUT2D eigenvalue weighted by Crippen LogP contribution is 2.09. The van der Waals surface area contributed by atoms with E-state index in [2.05, 4.69) is 0 Å². The Labute approximate surface area is 128 Å². The third kappa shape index (κ3) is 5.53. The van der Waals surface area contributed by atoms with Crippen LogP contribution in [-0.2, 0) is 9.53 Å². The minimum atomic E-state index is -0.309. The standard InChI is InChI=1S/C15H29N3O3/c1-6-16(7-2)14(20)18-10-8-17(9-11-18)13(19)12-21-15(3,4)5/h6-12H2,1-5H3. The lowest BCUT2D eigenvalue weighted by Gasteiger charge is -2.37. The first-order chi connectivity index (χ1) is 9.78. The minimum absolute atomic E-state index is 0.000127. The number of hydrogen-bond donors (Lipinski definition) is 0. The highest BCUT2D eigenvalue weighted by atomic mass is 16.5. The van der Waals surface area contributed by atoms with Crippen molar-refractivity contribution in [2.24, 2.45) is 0 Å². The van der Waals surface area contributed by atoms with Crippen molar-refractivity contribution in [2.45, 2.75) is 40.2 Å². The van der Waals surface area contributed by atoms with Gasteiger partial charge in [0.15, 0.2) is 0 Å². The Morgan fingerprint density at radius 2 is 1.48 bits per heavy atom. The number of carbonyl (C=O) groups is 2. The molecule has 122 valence electrons. The van der Waals surface area contributed by atoms with Gasteiger partial charge < -0.3 is 19.4 Å². The molecule has 1 rings (SSSR count). The average molecular weight is 299 g/mol. The van der Waals surface area contributed by atoms with Crippen LogP contribution in [-0.4, -0.2) is 78.1 Å². The van der Waals surface area contributed by atoms with Crippen LogP contribution in [0.1, 0.15) is 34.6 Å². The monoisotopic (exact) mass is 299 g/mol. The molecule has 1 heterocycles. The van der Waals surface area contributed by atoms with E-state index in [0.29, 0.717) is 39.3 Å². The fourth-order valence-corrected chi connectivity index (χ4v) is 2.21. The molecule has 1 fully saturated rings. The van der Waals surface area contributed by atoms with Crippen LogP contribution in [0.4, 0.5) is 4.79 Å². The maximum absolute atomic E-state index is 12.2. The fourth-order valence-electron chi connectivity index (χ4n) is 2.21. The topological polar surface area (TPSA) is 53.1 Å². The first-order valence-corrected chi connectivity index (χ1v) is 7.74. The van der Waals surface area contributed by atoms with E-state index >= 15 is 0 Å². The van der Waals surface area contributed by atoms with Gasteiger partial charge in [-0.1, -0.05) is 0 Å². The molecule has 3 amide bonds. The van der Waals surface area contributed by atoms with Gasteiger partial charge in [-0.3, -0.25) is 4.79 Å². The van der Waals surface area contributed by atoms with Gasteiger partial charge in [0.05, 0.1) is 5.60 Å². The zero-order valence-corrected chi connectivity index (χ0v) is 14.0. The van der Waals surface area contributed by atoms with Crippen molar-refractivity contribution in [1.82, 2.24) is 14.7 Å². The van der Waals surface area contributed by atoms with Crippen molar-refractivity contribution in [2.75, 3.05) is 45.9 Å². The third-order valence-electron chi connectivity index (χ3n) is 3.57. The highest BCUT2D eigenvalue weighted by Gasteiger charge is 2.26. The van der Waals surface area contributed by atoms with Gasteiger partial charge in [0.1, 0.15) is 6.61 Å². The lowest BCUT2D eigenvalue weighted by Crippen LogP contribution is -2.54. The van der Waals surface area contributed by atoms with Crippen molar-refractivity contribution >= 4 is 11.9 Å². The number of rotatable bonds is 4. The molecule has 0 unspecified atom stereocenters. The quantitative estimate of drug-likeness (QED) is 0.788. The van der Waals surface area contributed by atoms with E-state index in [1.807, 2.05) is 39.5 Å². The van der Waals surface area contributed by atoms with Gasteiger partial charge >= 0.3 is 6.03 Å². The summed E-state index contributed by atoms with van der Waals surface area (Å²) in [6.45, 7) is 13.6. The molecule has 0 radical (unpaired) electrons. The molecular formula is C15H29N3O3. The van der Waals surface area contributed by atoms with Crippen LogP contribution >= 0.6 is 0 Å². The number of piperazine rings is 1. The Morgan fingerprint density at radius 1 is 1.00 bits per heavy atom. The van der Waals surface area contributed by atoms with Gasteiger partial charge in [0, 0.05) is 39.3 Å². The average Bonchev–Trinajstić information content (AvgIpc) is 2.45. The Bertz CT molecular complexity index is 354. The molecule has 0 aliphatic carbocycles. The van der Waals surface area contributed by atoms with E-state index < -0.39 is 0 Å². The molecule has 0 aromatic rings. The minimum Gasteiger partial charge on any atom is -0.366 e. The summed E-state index contributed by atoms with van der Waals surface area (Å²) in [6, 6.07) is 0.0676. The zero-order valence-electron chi connectivity index (χ0n) is 14.0. The molecular weight excluding hydrogens is 270 g/mol. The zero-order chi connectivity index (χ0) is 16.0. The van der Waals surface area contributed by atoms with Gasteiger partial charge in [0.25, 0.3) is 0 Å². The van der Waals surface area contributed by atoms with Crippen LogP contribution < -0.4 is 0 Å². The van der Waals surface area contributed by atoms with Crippen molar-refractivity contribution in [3.05, 3.63) is 0 Å². The third-order valence-corrected chi connectivity index (χ3v) is 3.57. The fraction of sp³-hybridized carbons (Fsp3) is 0.867. The first kappa shape index (κ1) is 17.8. The summed E-state index contributed by atoms with van der Waals surface area (Å²) in [6.07, 6.45) is 0. The smallest absolute Gasteiger partial charge is 0.320 e. The number of ether oxygens (including phenoxy) is 1. The lowest BCUT2D eigenvalue weighted by molar-refractivity contribution is -0.142. The summed E-state index contributed by atoms with van der Waals surface area (Å²) in [5.74, 6) is -0.000127. The molecule has 0 aromatic heterocycles. The number of amides is 3. The van der Waals surface area contributed by atoms with E-state index in [-0.39, 0.29) is 24.1 Å². The molecule has 1 saturated heterocycles. The van der Waals surface area contributed by atoms with Crippen molar-refractivity contribution < 1.29 is 14.3 Å². The molecule has 0 bridgehead atoms. The first-order valence-electron chi connectivity index (χ1n) is 7.74. The van der Waals surface area contributed by atoms with Crippen molar-refractivity contribution in [1.29, 1.82) is 0 Å². The van der Waals surface area contributed by atoms with Crippen molar-refractivity contribution in [3.8, 4) is 0 Å². The van der Waals surface area contributed by atoms with Gasteiger partial charge in [-0.25, -0.2) is 4.79 Å². The van der Waals surface area contributed by atoms with Gasteiger partial charge in [-0.2, -0.15) is 0 Å². The van der Waals surface area contributed by atoms with Crippen molar-refractivity contribution in [3.63, 3.8) is 0 Å². The van der Waals surface area contributed by atoms with Gasteiger partial charge in [0.2, 0.25) is 5.91 Å². The van der Waals surface area contributed by atoms with E-state index in [0.717, 1.165) is 0 Å². The largest absolute Gasteiger partial charge is 0.366 e. The molecule has 1 aliphatic rings. The SMILES string of the molecule is CCN(CC)C(=O)N1CCN(C(=O)COC(C)(C)C)CC1. The van der Waals surface area contributed by atoms with Gasteiger partial charge in [-0.05, 0) is 34.6 Å². The predicted octanol–water partition coefficient (Wildman–Crippen LogP) is 1.41. The Kier molecular flexibility index (Phi) is 6.45. The second-order valence-corrected chi connectivity index (χ2v) is 6.22. The van der Waals surface area contributed by atoms with Crippen LogP contribution in [0.3, 0.4) is 0 Å². The van der Waals surface area contributed by atoms with E-state index in [9.17, 15) is 9.59 Å². The molecule has 1 aliphatic heterocycles. The van der Waals surface area contributed by atoms with Crippen LogP contribution in [0.5, 0.6) is 0 Å². The lowest BCUT2D eigenvalue weighted by atomic mass is 10.2. The molecule has 0 atom stereocenters. The number of urea groups is 1. The number of nitrogens with zero attached hydrogens (tertiary/aromatic N) is 3. The molecule has 6 nitrogen and oxygen atoms in total. The molecule has 0 N–H and O–H groups in total. The van der Waals surface area contributed by atoms with Crippen LogP contribution in [0.2, 0.25) is 0 Å². The van der Waals surface area contributed by atoms with Gasteiger partial charge in [-0.15, -0.1) is 0 Å². The summed E-state index contributed by atoms with van der Waals surface area (Å²) < 4.78 is 5.51. The summed E-state index contributed by atoms with van der Waals surface area (Å²) in [5.41, 5.74) is -0.309. The summed E-state index contributed by atoms with van der Waals surface area (Å²) in [5, 5.41) is 0. The molecule has 21 heavy (non-hydrogen) atoms. The second-order valence-electron chi connectivity index (χ2n) is 6.22. The van der Waals surface area contributed by atoms with E-state index in [1.165, 1.54) is 0 Å². The van der Waals surface area contributed by atoms with E-state index in [1.54, 1.807) is 9.80 Å². The van der Waals surface area contributed by atoms with Crippen LogP contribution in [0, 0.1) is 0 Å². The Hall–Kier alpha value is -1.30. The molecule has 6 heteroatoms. The number of carbonyl (C=O) groups excluding carboxylic acids is 2. The molecule has 0 aromatic carbocycles. The maximum Gasteiger partial charge on any atom is 0.320 e. The van der Waals surface area contributed by atoms with E-state index in [4.69, 9.17) is 4.74 Å². The van der Waals surface area contributed by atoms with Crippen LogP contribution in [0.15, 0.2) is 0 Å². The molecule has 0 spiro atoms. The Balaban J connectivity index is 2.41. The summed E-state index contributed by atoms with van der Waals surface area (Å²) in [4.78, 5) is 29.7. The number of hydrogen-bond acceptors (Lipinski definition) is 3. The predicted molar refractivity (Wildman–Crippen MR) is 82.2 cm³/mol. The highest BCUT2D eigenvalue weighted by molar-refractivity contribution is 5.78. The maximum atomic E-state index is 12.2. The molecule has 0 saturated carbocycles. The Morgan fingerprint density at radius 3 is 1.90 bits per heavy atom. The normalized spacial score (nSPS) is 16.0. The second kappa shape index (κ2) is 7.64. The summed E-state index contributed by atoms with van der Waals surface area (Å²) >= 11 is 0. The van der Waals surface area contributed by atoms with Crippen LogP contribution in [0.25, 0.3) is 0 Å². The summed E-state index contributed by atoms with van der Waals surface area (Å²) in [7, 11) is 0.